The van der Waals surface area contributed by atoms with Gasteiger partial charge in [0, 0.05) is 50.0 Å². The molecule has 0 saturated carbocycles. The van der Waals surface area contributed by atoms with Crippen LogP contribution in [0.3, 0.4) is 0 Å². The van der Waals surface area contributed by atoms with Crippen LogP contribution in [0.4, 0.5) is 16.8 Å². The van der Waals surface area contributed by atoms with Gasteiger partial charge in [0.2, 0.25) is 0 Å². The standard InChI is InChI=1S/C23H28N4O4.C18H20N4O2/c1-23(2,3)31-22(28)27-13-9-17(10-14-27)25-21-26-20-18(5-4-6-19(20)30-21)29-15-16-7-11-24-12-8-16;1-2-15(23-12-13-4-8-19-9-5-13)17-16(3-1)24-18(22-17)21-14-6-10-20-11-7-14/h4-8,11-12,17H,9-10,13-15H2,1-3H3,(H,25,26);1-5,8-9,14,20H,6-7,10-12H2,(H,21,22). The molecule has 3 N–H and O–H groups in total. The van der Waals surface area contributed by atoms with Crippen LogP contribution in [0.15, 0.2) is 94.3 Å². The van der Waals surface area contributed by atoms with Crippen LogP contribution in [0.1, 0.15) is 57.6 Å². The van der Waals surface area contributed by atoms with Gasteiger partial charge in [0.05, 0.1) is 0 Å². The lowest BCUT2D eigenvalue weighted by molar-refractivity contribution is 0.0210. The molecule has 0 spiro atoms. The molecule has 288 valence electrons. The van der Waals surface area contributed by atoms with E-state index in [0.717, 1.165) is 66.7 Å². The van der Waals surface area contributed by atoms with Gasteiger partial charge >= 0.3 is 6.09 Å². The molecule has 0 atom stereocenters. The maximum atomic E-state index is 12.2. The highest BCUT2D eigenvalue weighted by Crippen LogP contribution is 2.31. The van der Waals surface area contributed by atoms with Crippen molar-refractivity contribution in [2.45, 2.75) is 77.4 Å². The van der Waals surface area contributed by atoms with Crippen LogP contribution in [-0.4, -0.2) is 74.8 Å². The Kier molecular flexibility index (Phi) is 11.9. The third-order valence-electron chi connectivity index (χ3n) is 9.19. The van der Waals surface area contributed by atoms with Gasteiger partial charge in [-0.2, -0.15) is 9.97 Å². The normalized spacial score (nSPS) is 15.3. The fraction of sp³-hybridized carbons (Fsp3) is 0.390. The number of ether oxygens (including phenoxy) is 3. The molecule has 14 heteroatoms. The van der Waals surface area contributed by atoms with Gasteiger partial charge in [-0.3, -0.25) is 9.97 Å². The van der Waals surface area contributed by atoms with Crippen molar-refractivity contribution in [3.8, 4) is 11.5 Å². The molecule has 2 fully saturated rings. The fourth-order valence-corrected chi connectivity index (χ4v) is 6.33. The molecule has 2 saturated heterocycles. The van der Waals surface area contributed by atoms with Gasteiger partial charge in [-0.25, -0.2) is 4.79 Å². The summed E-state index contributed by atoms with van der Waals surface area (Å²) < 4.78 is 29.0. The van der Waals surface area contributed by atoms with Crippen LogP contribution in [0.25, 0.3) is 22.2 Å². The van der Waals surface area contributed by atoms with Gasteiger partial charge in [0.25, 0.3) is 12.0 Å². The topological polar surface area (TPSA) is 162 Å². The number of aromatic nitrogens is 4. The Balaban J connectivity index is 0.000000174. The van der Waals surface area contributed by atoms with Crippen molar-refractivity contribution < 1.29 is 27.8 Å². The van der Waals surface area contributed by atoms with Crippen LogP contribution in [0, 0.1) is 0 Å². The molecular weight excluding hydrogens is 701 g/mol. The van der Waals surface area contributed by atoms with E-state index in [4.69, 9.17) is 23.0 Å². The number of nitrogens with zero attached hydrogens (tertiary/aromatic N) is 5. The maximum Gasteiger partial charge on any atom is 0.410 e. The first-order valence-electron chi connectivity index (χ1n) is 18.8. The Morgan fingerprint density at radius 3 is 1.67 bits per heavy atom. The first-order chi connectivity index (χ1) is 26.8. The molecule has 8 rings (SSSR count). The van der Waals surface area contributed by atoms with E-state index in [1.165, 1.54) is 0 Å². The number of hydrogen-bond acceptors (Lipinski definition) is 13. The third kappa shape index (κ3) is 10.4. The van der Waals surface area contributed by atoms with Gasteiger partial charge in [0.1, 0.15) is 30.3 Å². The minimum atomic E-state index is -0.485. The predicted molar refractivity (Wildman–Crippen MR) is 209 cm³/mol. The summed E-state index contributed by atoms with van der Waals surface area (Å²) in [4.78, 5) is 31.2. The van der Waals surface area contributed by atoms with E-state index in [-0.39, 0.29) is 12.1 Å². The molecule has 1 amide bonds. The smallest absolute Gasteiger partial charge is 0.410 e. The van der Waals surface area contributed by atoms with Gasteiger partial charge in [0.15, 0.2) is 22.2 Å². The van der Waals surface area contributed by atoms with Crippen molar-refractivity contribution in [1.29, 1.82) is 0 Å². The number of nitrogens with one attached hydrogen (secondary N) is 3. The number of likely N-dealkylation sites (tertiary alicyclic amines) is 1. The molecule has 55 heavy (non-hydrogen) atoms. The first kappa shape index (κ1) is 37.4. The van der Waals surface area contributed by atoms with Crippen LogP contribution >= 0.6 is 0 Å². The van der Waals surface area contributed by atoms with Crippen LogP contribution in [0.2, 0.25) is 0 Å². The van der Waals surface area contributed by atoms with Gasteiger partial charge in [-0.15, -0.1) is 0 Å². The second kappa shape index (κ2) is 17.5. The lowest BCUT2D eigenvalue weighted by Gasteiger charge is -2.33. The monoisotopic (exact) mass is 748 g/mol. The van der Waals surface area contributed by atoms with Crippen molar-refractivity contribution in [3.05, 3.63) is 96.6 Å². The van der Waals surface area contributed by atoms with Gasteiger partial charge < -0.3 is 43.9 Å². The number of carbonyl (C=O) groups excluding carboxylic acids is 1. The highest BCUT2D eigenvalue weighted by Gasteiger charge is 2.27. The van der Waals surface area contributed by atoms with Crippen LogP contribution in [-0.2, 0) is 18.0 Å². The Hall–Kier alpha value is -5.89. The lowest BCUT2D eigenvalue weighted by Crippen LogP contribution is -2.44. The summed E-state index contributed by atoms with van der Waals surface area (Å²) in [7, 11) is 0. The van der Waals surface area contributed by atoms with E-state index in [1.807, 2.05) is 81.4 Å². The second-order valence-electron chi connectivity index (χ2n) is 14.6. The highest BCUT2D eigenvalue weighted by molar-refractivity contribution is 5.82. The quantitative estimate of drug-likeness (QED) is 0.126. The molecule has 2 aliphatic rings. The first-order valence-corrected chi connectivity index (χ1v) is 18.8. The van der Waals surface area contributed by atoms with Crippen molar-refractivity contribution in [2.75, 3.05) is 36.8 Å². The number of benzene rings is 2. The number of pyridine rings is 2. The molecule has 6 heterocycles. The largest absolute Gasteiger partial charge is 0.486 e. The maximum absolute atomic E-state index is 12.2. The van der Waals surface area contributed by atoms with Gasteiger partial charge in [-0.1, -0.05) is 12.1 Å². The zero-order valence-corrected chi connectivity index (χ0v) is 31.5. The Bertz CT molecular complexity index is 2120. The number of rotatable bonds is 10. The summed E-state index contributed by atoms with van der Waals surface area (Å²) in [6.07, 6.45) is 10.5. The molecule has 0 unspecified atom stereocenters. The fourth-order valence-electron chi connectivity index (χ4n) is 6.33. The molecular formula is C41H48N8O6. The number of para-hydroxylation sites is 2. The van der Waals surface area contributed by atoms with Crippen molar-refractivity contribution in [1.82, 2.24) is 30.2 Å². The van der Waals surface area contributed by atoms with Crippen molar-refractivity contribution in [3.63, 3.8) is 0 Å². The van der Waals surface area contributed by atoms with Crippen LogP contribution < -0.4 is 25.4 Å². The number of carbonyl (C=O) groups is 1. The Morgan fingerprint density at radius 2 is 1.20 bits per heavy atom. The molecule has 0 bridgehead atoms. The minimum absolute atomic E-state index is 0.174. The average molecular weight is 749 g/mol. The van der Waals surface area contributed by atoms with E-state index >= 15 is 0 Å². The van der Waals surface area contributed by atoms with E-state index < -0.39 is 5.60 Å². The number of oxazole rings is 2. The molecule has 0 aliphatic carbocycles. The highest BCUT2D eigenvalue weighted by atomic mass is 16.6. The SMILES string of the molecule is CC(C)(C)OC(=O)N1CCC(Nc2nc3c(OCc4ccncc4)cccc3o2)CC1.c1cc(OCc2ccncc2)c2nc(NC3CCNCC3)oc2c1. The molecule has 2 aromatic carbocycles. The zero-order chi connectivity index (χ0) is 38.0. The number of fused-ring (bicyclic) bond motifs is 2. The third-order valence-corrected chi connectivity index (χ3v) is 9.19. The number of piperidine rings is 2. The summed E-state index contributed by atoms with van der Waals surface area (Å²) in [5.41, 5.74) is 4.46. The van der Waals surface area contributed by atoms with E-state index in [0.29, 0.717) is 61.2 Å². The molecule has 6 aromatic rings. The lowest BCUT2D eigenvalue weighted by atomic mass is 10.1. The molecule has 2 aliphatic heterocycles. The number of amides is 1. The van der Waals surface area contributed by atoms with E-state index in [1.54, 1.807) is 29.7 Å². The predicted octanol–water partition coefficient (Wildman–Crippen LogP) is 7.58. The van der Waals surface area contributed by atoms with Crippen molar-refractivity contribution >= 4 is 40.3 Å². The van der Waals surface area contributed by atoms with E-state index in [9.17, 15) is 4.79 Å². The van der Waals surface area contributed by atoms with Gasteiger partial charge in [-0.05, 0) is 119 Å². The second-order valence-corrected chi connectivity index (χ2v) is 14.6. The summed E-state index contributed by atoms with van der Waals surface area (Å²) >= 11 is 0. The van der Waals surface area contributed by atoms with Crippen LogP contribution in [0.5, 0.6) is 11.5 Å². The molecule has 4 aromatic heterocycles. The Morgan fingerprint density at radius 1 is 0.727 bits per heavy atom. The summed E-state index contributed by atoms with van der Waals surface area (Å²) in [5, 5.41) is 10.1. The van der Waals surface area contributed by atoms with E-state index in [2.05, 4.69) is 35.9 Å². The number of hydrogen-bond donors (Lipinski definition) is 3. The molecule has 14 nitrogen and oxygen atoms in total. The summed E-state index contributed by atoms with van der Waals surface area (Å²) in [6.45, 7) is 9.85. The number of anilines is 2. The Labute approximate surface area is 320 Å². The molecule has 0 radical (unpaired) electrons. The average Bonchev–Trinajstić information content (AvgIpc) is 3.81. The summed E-state index contributed by atoms with van der Waals surface area (Å²) in [5.74, 6) is 1.40. The van der Waals surface area contributed by atoms with Crippen molar-refractivity contribution in [2.24, 2.45) is 0 Å². The summed E-state index contributed by atoms with van der Waals surface area (Å²) in [6, 6.07) is 20.7. The zero-order valence-electron chi connectivity index (χ0n) is 31.5. The minimum Gasteiger partial charge on any atom is -0.486 e.